The van der Waals surface area contributed by atoms with Crippen molar-refractivity contribution in [3.8, 4) is 0 Å². The van der Waals surface area contributed by atoms with Gasteiger partial charge in [0.25, 0.3) is 0 Å². The molecule has 0 fully saturated rings. The number of rotatable bonds is 4. The molecule has 60 valence electrons. The summed E-state index contributed by atoms with van der Waals surface area (Å²) in [5.74, 6) is 0.864. The number of hydrogen-bond donors (Lipinski definition) is 2. The Labute approximate surface area is 65.7 Å². The van der Waals surface area contributed by atoms with E-state index in [2.05, 4.69) is 5.32 Å². The highest BCUT2D eigenvalue weighted by Gasteiger charge is 2.09. The van der Waals surface area contributed by atoms with Crippen LogP contribution in [-0.2, 0) is 4.79 Å². The molecule has 0 saturated carbocycles. The summed E-state index contributed by atoms with van der Waals surface area (Å²) in [6, 6.07) is -0.336. The number of nitrogens with two attached hydrogens (primary N) is 1. The third kappa shape index (κ3) is 3.74. The van der Waals surface area contributed by atoms with E-state index in [0.29, 0.717) is 0 Å². The molecule has 0 radical (unpaired) electrons. The van der Waals surface area contributed by atoms with Gasteiger partial charge in [0.2, 0.25) is 5.91 Å². The lowest BCUT2D eigenvalue weighted by molar-refractivity contribution is -0.121. The zero-order valence-electron chi connectivity index (χ0n) is 6.39. The van der Waals surface area contributed by atoms with Crippen LogP contribution in [0.15, 0.2) is 0 Å². The molecule has 0 heterocycles. The molecule has 0 bridgehead atoms. The molecule has 0 aromatic carbocycles. The third-order valence-corrected chi connectivity index (χ3v) is 1.86. The fraction of sp³-hybridized carbons (Fsp3) is 0.833. The van der Waals surface area contributed by atoms with Gasteiger partial charge in [-0.3, -0.25) is 4.79 Å². The summed E-state index contributed by atoms with van der Waals surface area (Å²) in [5, 5.41) is 2.50. The Kier molecular flexibility index (Phi) is 5.43. The van der Waals surface area contributed by atoms with E-state index in [9.17, 15) is 4.79 Å². The molecule has 0 aromatic heterocycles. The first-order chi connectivity index (χ1) is 4.72. The summed E-state index contributed by atoms with van der Waals surface area (Å²) in [7, 11) is 1.60. The summed E-state index contributed by atoms with van der Waals surface area (Å²) < 4.78 is 0. The van der Waals surface area contributed by atoms with E-state index in [4.69, 9.17) is 5.73 Å². The molecule has 0 aliphatic heterocycles. The van der Waals surface area contributed by atoms with E-state index < -0.39 is 0 Å². The molecule has 0 aromatic rings. The molecule has 4 heteroatoms. The van der Waals surface area contributed by atoms with E-state index in [1.165, 1.54) is 0 Å². The highest BCUT2D eigenvalue weighted by atomic mass is 32.2. The molecule has 10 heavy (non-hydrogen) atoms. The minimum Gasteiger partial charge on any atom is -0.358 e. The van der Waals surface area contributed by atoms with Crippen molar-refractivity contribution in [3.05, 3.63) is 0 Å². The van der Waals surface area contributed by atoms with Gasteiger partial charge >= 0.3 is 0 Å². The first-order valence-corrected chi connectivity index (χ1v) is 4.58. The monoisotopic (exact) mass is 162 g/mol. The molecule has 3 N–H and O–H groups in total. The largest absolute Gasteiger partial charge is 0.358 e. The normalized spacial score (nSPS) is 12.7. The number of hydrogen-bond acceptors (Lipinski definition) is 3. The zero-order valence-corrected chi connectivity index (χ0v) is 7.20. The summed E-state index contributed by atoms with van der Waals surface area (Å²) in [6.07, 6.45) is 2.75. The minimum atomic E-state index is -0.336. The first-order valence-electron chi connectivity index (χ1n) is 3.18. The van der Waals surface area contributed by atoms with Crippen LogP contribution in [0, 0.1) is 0 Å². The van der Waals surface area contributed by atoms with Crippen LogP contribution >= 0.6 is 11.8 Å². The Morgan fingerprint density at radius 2 is 2.40 bits per heavy atom. The predicted molar refractivity (Wildman–Crippen MR) is 45.0 cm³/mol. The van der Waals surface area contributed by atoms with Crippen LogP contribution < -0.4 is 11.1 Å². The van der Waals surface area contributed by atoms with Gasteiger partial charge in [0.05, 0.1) is 6.04 Å². The van der Waals surface area contributed by atoms with Crippen molar-refractivity contribution in [1.82, 2.24) is 5.32 Å². The summed E-state index contributed by atoms with van der Waals surface area (Å²) >= 11 is 1.70. The maximum absolute atomic E-state index is 10.8. The molecule has 0 aliphatic rings. The van der Waals surface area contributed by atoms with Gasteiger partial charge in [0, 0.05) is 7.05 Å². The van der Waals surface area contributed by atoms with Gasteiger partial charge in [-0.2, -0.15) is 11.8 Å². The van der Waals surface area contributed by atoms with Crippen molar-refractivity contribution in [3.63, 3.8) is 0 Å². The first kappa shape index (κ1) is 9.78. The Hall–Kier alpha value is -0.220. The SMILES string of the molecule is CNC(=O)[C@H](N)CCSC. The fourth-order valence-corrected chi connectivity index (χ4v) is 1.05. The molecule has 0 rings (SSSR count). The summed E-state index contributed by atoms with van der Waals surface area (Å²) in [6.45, 7) is 0. The molecule has 1 amide bonds. The van der Waals surface area contributed by atoms with Gasteiger partial charge in [0.15, 0.2) is 0 Å². The number of carbonyl (C=O) groups is 1. The fourth-order valence-electron chi connectivity index (χ4n) is 0.561. The molecule has 0 spiro atoms. The van der Waals surface area contributed by atoms with Crippen LogP contribution in [0.5, 0.6) is 0 Å². The van der Waals surface area contributed by atoms with Gasteiger partial charge in [-0.25, -0.2) is 0 Å². The third-order valence-electron chi connectivity index (χ3n) is 1.22. The van der Waals surface area contributed by atoms with Crippen molar-refractivity contribution < 1.29 is 4.79 Å². The average molecular weight is 162 g/mol. The maximum Gasteiger partial charge on any atom is 0.236 e. The molecule has 0 aliphatic carbocycles. The Morgan fingerprint density at radius 3 is 2.80 bits per heavy atom. The van der Waals surface area contributed by atoms with E-state index >= 15 is 0 Å². The van der Waals surface area contributed by atoms with Crippen LogP contribution in [0.1, 0.15) is 6.42 Å². The summed E-state index contributed by atoms with van der Waals surface area (Å²) in [4.78, 5) is 10.8. The van der Waals surface area contributed by atoms with Gasteiger partial charge in [0.1, 0.15) is 0 Å². The van der Waals surface area contributed by atoms with E-state index in [1.54, 1.807) is 18.8 Å². The van der Waals surface area contributed by atoms with Crippen LogP contribution in [0.2, 0.25) is 0 Å². The van der Waals surface area contributed by atoms with Crippen LogP contribution in [0.4, 0.5) is 0 Å². The molecular weight excluding hydrogens is 148 g/mol. The van der Waals surface area contributed by atoms with Gasteiger partial charge < -0.3 is 11.1 Å². The highest BCUT2D eigenvalue weighted by molar-refractivity contribution is 7.98. The van der Waals surface area contributed by atoms with Gasteiger partial charge in [-0.05, 0) is 18.4 Å². The second-order valence-electron chi connectivity index (χ2n) is 2.00. The lowest BCUT2D eigenvalue weighted by atomic mass is 10.2. The van der Waals surface area contributed by atoms with E-state index in [0.717, 1.165) is 12.2 Å². The molecule has 1 atom stereocenters. The number of likely N-dealkylation sites (N-methyl/N-ethyl adjacent to an activating group) is 1. The van der Waals surface area contributed by atoms with E-state index in [1.807, 2.05) is 6.26 Å². The Morgan fingerprint density at radius 1 is 1.80 bits per heavy atom. The van der Waals surface area contributed by atoms with Crippen molar-refractivity contribution in [2.75, 3.05) is 19.1 Å². The van der Waals surface area contributed by atoms with Crippen LogP contribution in [0.3, 0.4) is 0 Å². The van der Waals surface area contributed by atoms with Crippen LogP contribution in [-0.4, -0.2) is 31.0 Å². The van der Waals surface area contributed by atoms with Crippen LogP contribution in [0.25, 0.3) is 0 Å². The Balaban J connectivity index is 3.41. The average Bonchev–Trinajstić information content (AvgIpc) is 1.98. The standard InChI is InChI=1S/C6H14N2OS/c1-8-6(9)5(7)3-4-10-2/h5H,3-4,7H2,1-2H3,(H,8,9)/t5-/m1/s1. The molecule has 3 nitrogen and oxygen atoms in total. The number of amides is 1. The quantitative estimate of drug-likeness (QED) is 0.602. The lowest BCUT2D eigenvalue weighted by Crippen LogP contribution is -2.38. The highest BCUT2D eigenvalue weighted by Crippen LogP contribution is 1.97. The van der Waals surface area contributed by atoms with Crippen molar-refractivity contribution in [2.45, 2.75) is 12.5 Å². The number of thioether (sulfide) groups is 1. The zero-order chi connectivity index (χ0) is 7.98. The van der Waals surface area contributed by atoms with Gasteiger partial charge in [-0.1, -0.05) is 0 Å². The number of nitrogens with one attached hydrogen (secondary N) is 1. The van der Waals surface area contributed by atoms with Crippen molar-refractivity contribution in [1.29, 1.82) is 0 Å². The number of carbonyl (C=O) groups excluding carboxylic acids is 1. The lowest BCUT2D eigenvalue weighted by Gasteiger charge is -2.07. The van der Waals surface area contributed by atoms with Gasteiger partial charge in [-0.15, -0.1) is 0 Å². The molecule has 0 saturated heterocycles. The summed E-state index contributed by atoms with van der Waals surface area (Å²) in [5.41, 5.74) is 5.49. The molecular formula is C6H14N2OS. The second kappa shape index (κ2) is 5.56. The van der Waals surface area contributed by atoms with E-state index in [-0.39, 0.29) is 11.9 Å². The Bertz CT molecular complexity index is 108. The molecule has 0 unspecified atom stereocenters. The van der Waals surface area contributed by atoms with Crippen molar-refractivity contribution >= 4 is 17.7 Å². The second-order valence-corrected chi connectivity index (χ2v) is 2.99. The smallest absolute Gasteiger partial charge is 0.236 e. The minimum absolute atomic E-state index is 0.0750. The topological polar surface area (TPSA) is 55.1 Å². The predicted octanol–water partition coefficient (Wildman–Crippen LogP) is -0.187. The van der Waals surface area contributed by atoms with Crippen molar-refractivity contribution in [2.24, 2.45) is 5.73 Å². The maximum atomic E-state index is 10.8.